The van der Waals surface area contributed by atoms with Gasteiger partial charge in [-0.1, -0.05) is 50.1 Å². The van der Waals surface area contributed by atoms with Gasteiger partial charge in [0.05, 0.1) is 12.0 Å². The van der Waals surface area contributed by atoms with E-state index in [1.54, 1.807) is 24.3 Å². The van der Waals surface area contributed by atoms with Gasteiger partial charge in [0.15, 0.2) is 0 Å². The van der Waals surface area contributed by atoms with Crippen LogP contribution in [0.4, 0.5) is 16.2 Å². The van der Waals surface area contributed by atoms with Crippen LogP contribution in [-0.4, -0.2) is 60.5 Å². The topological polar surface area (TPSA) is 195 Å². The molecule has 3 atom stereocenters. The molecular weight excluding hydrogens is 544 g/mol. The molecule has 13 heteroatoms. The summed E-state index contributed by atoms with van der Waals surface area (Å²) in [4.78, 5) is 62.1. The summed E-state index contributed by atoms with van der Waals surface area (Å²) in [6.45, 7) is 2.39. The van der Waals surface area contributed by atoms with Crippen molar-refractivity contribution in [3.8, 4) is 0 Å². The predicted octanol–water partition coefficient (Wildman–Crippen LogP) is 2.79. The Bertz CT molecular complexity index is 1180. The summed E-state index contributed by atoms with van der Waals surface area (Å²) in [6.07, 6.45) is 3.46. The van der Waals surface area contributed by atoms with E-state index in [4.69, 9.17) is 10.5 Å². The molecule has 4 amide bonds. The van der Waals surface area contributed by atoms with Crippen LogP contribution in [0.2, 0.25) is 0 Å². The Morgan fingerprint density at radius 2 is 1.50 bits per heavy atom. The van der Waals surface area contributed by atoms with Gasteiger partial charge in [0.2, 0.25) is 11.8 Å². The largest absolute Gasteiger partial charge is 0.467 e. The van der Waals surface area contributed by atoms with Crippen LogP contribution in [0.5, 0.6) is 0 Å². The third-order valence-corrected chi connectivity index (χ3v) is 6.47. The number of carbonyl (C=O) groups excluding carboxylic acids is 4. The average Bonchev–Trinajstić information content (AvgIpc) is 2.98. The van der Waals surface area contributed by atoms with E-state index in [1.807, 2.05) is 13.0 Å². The molecule has 2 rings (SSSR count). The first-order valence-electron chi connectivity index (χ1n) is 13.9. The van der Waals surface area contributed by atoms with Gasteiger partial charge in [-0.3, -0.25) is 19.7 Å². The fourth-order valence-electron chi connectivity index (χ4n) is 4.15. The first-order valence-corrected chi connectivity index (χ1v) is 13.9. The van der Waals surface area contributed by atoms with Crippen molar-refractivity contribution in [3.05, 3.63) is 70.3 Å². The monoisotopic (exact) mass is 584 g/mol. The van der Waals surface area contributed by atoms with E-state index in [-0.39, 0.29) is 12.1 Å². The Balaban J connectivity index is 2.16. The predicted molar refractivity (Wildman–Crippen MR) is 157 cm³/mol. The van der Waals surface area contributed by atoms with E-state index < -0.39 is 46.9 Å². The lowest BCUT2D eigenvalue weighted by Crippen LogP contribution is -2.56. The number of nitrogens with two attached hydrogens (primary N) is 1. The highest BCUT2D eigenvalue weighted by Gasteiger charge is 2.28. The van der Waals surface area contributed by atoms with Gasteiger partial charge in [-0.15, -0.1) is 0 Å². The maximum Gasteiger partial charge on any atom is 0.328 e. The normalized spacial score (nSPS) is 12.7. The lowest BCUT2D eigenvalue weighted by atomic mass is 10.0. The van der Waals surface area contributed by atoms with Crippen molar-refractivity contribution in [3.63, 3.8) is 0 Å². The number of amides is 4. The Kier molecular flexibility index (Phi) is 14.5. The number of non-ortho nitro benzene ring substituents is 1. The second-order valence-electron chi connectivity index (χ2n) is 9.72. The van der Waals surface area contributed by atoms with E-state index in [2.05, 4.69) is 21.3 Å². The number of esters is 1. The third kappa shape index (κ3) is 11.5. The average molecular weight is 585 g/mol. The Morgan fingerprint density at radius 3 is 2.10 bits per heavy atom. The number of methoxy groups -OCH3 is 1. The summed E-state index contributed by atoms with van der Waals surface area (Å²) in [5.74, 6) is -1.69. The van der Waals surface area contributed by atoms with E-state index in [0.29, 0.717) is 44.3 Å². The van der Waals surface area contributed by atoms with Gasteiger partial charge in [0.25, 0.3) is 5.69 Å². The van der Waals surface area contributed by atoms with E-state index in [1.165, 1.54) is 31.4 Å². The van der Waals surface area contributed by atoms with E-state index in [0.717, 1.165) is 12.0 Å². The number of carbonyl (C=O) groups is 4. The molecule has 0 heterocycles. The zero-order valence-electron chi connectivity index (χ0n) is 24.0. The smallest absolute Gasteiger partial charge is 0.328 e. The number of benzene rings is 2. The highest BCUT2D eigenvalue weighted by atomic mass is 16.6. The minimum Gasteiger partial charge on any atom is -0.467 e. The molecule has 2 aromatic carbocycles. The van der Waals surface area contributed by atoms with Gasteiger partial charge in [-0.25, -0.2) is 9.59 Å². The quantitative estimate of drug-likeness (QED) is 0.0810. The van der Waals surface area contributed by atoms with Crippen LogP contribution in [0, 0.1) is 10.1 Å². The van der Waals surface area contributed by atoms with Crippen LogP contribution in [0.15, 0.2) is 54.6 Å². The number of anilines is 1. The molecule has 228 valence electrons. The van der Waals surface area contributed by atoms with E-state index in [9.17, 15) is 29.3 Å². The number of nitro benzene ring substituents is 1. The summed E-state index contributed by atoms with van der Waals surface area (Å²) in [7, 11) is 1.24. The first kappa shape index (κ1) is 33.7. The van der Waals surface area contributed by atoms with Crippen molar-refractivity contribution in [2.75, 3.05) is 19.0 Å². The molecule has 0 aliphatic heterocycles. The molecule has 0 saturated carbocycles. The number of rotatable bonds is 17. The minimum absolute atomic E-state index is 0.128. The zero-order chi connectivity index (χ0) is 30.9. The minimum atomic E-state index is -1.04. The molecule has 0 spiro atoms. The molecule has 0 fully saturated rings. The van der Waals surface area contributed by atoms with E-state index >= 15 is 0 Å². The maximum atomic E-state index is 13.2. The summed E-state index contributed by atoms with van der Waals surface area (Å²) >= 11 is 0. The molecule has 0 saturated heterocycles. The summed E-state index contributed by atoms with van der Waals surface area (Å²) < 4.78 is 4.83. The van der Waals surface area contributed by atoms with Gasteiger partial charge in [0, 0.05) is 24.2 Å². The molecule has 6 N–H and O–H groups in total. The van der Waals surface area contributed by atoms with Gasteiger partial charge >= 0.3 is 12.0 Å². The molecule has 0 bridgehead atoms. The van der Waals surface area contributed by atoms with Crippen LogP contribution in [0.3, 0.4) is 0 Å². The molecule has 2 aromatic rings. The third-order valence-electron chi connectivity index (χ3n) is 6.47. The lowest BCUT2D eigenvalue weighted by Gasteiger charge is -2.24. The number of unbranched alkanes of at least 4 members (excludes halogenated alkanes) is 2. The van der Waals surface area contributed by atoms with Crippen LogP contribution in [0.25, 0.3) is 0 Å². The van der Waals surface area contributed by atoms with Crippen molar-refractivity contribution in [1.82, 2.24) is 16.0 Å². The highest BCUT2D eigenvalue weighted by Crippen LogP contribution is 2.16. The fourth-order valence-corrected chi connectivity index (χ4v) is 4.15. The summed E-state index contributed by atoms with van der Waals surface area (Å²) in [5, 5.41) is 21.6. The summed E-state index contributed by atoms with van der Waals surface area (Å²) in [6, 6.07) is 10.7. The number of urea groups is 1. The SMILES string of the molecule is CCCCC(NC(=O)N[C@@H](Cc1ccccc1)C(=O)Nc1ccc([N+](=O)[O-])cc1)C(=O)N[C@@H](CCCCN)C(=O)OC. The molecule has 42 heavy (non-hydrogen) atoms. The molecule has 1 unspecified atom stereocenters. The van der Waals surface area contributed by atoms with Gasteiger partial charge in [-0.2, -0.15) is 0 Å². The van der Waals surface area contributed by atoms with Gasteiger partial charge in [0.1, 0.15) is 18.1 Å². The Hall–Kier alpha value is -4.52. The van der Waals surface area contributed by atoms with Crippen LogP contribution < -0.4 is 27.0 Å². The van der Waals surface area contributed by atoms with Crippen molar-refractivity contribution in [2.24, 2.45) is 5.73 Å². The maximum absolute atomic E-state index is 13.2. The number of nitrogens with zero attached hydrogens (tertiary/aromatic N) is 1. The molecule has 0 aliphatic carbocycles. The molecule has 0 aromatic heterocycles. The number of hydrogen-bond donors (Lipinski definition) is 5. The van der Waals surface area contributed by atoms with Gasteiger partial charge < -0.3 is 31.7 Å². The molecular formula is C29H40N6O7. The van der Waals surface area contributed by atoms with Gasteiger partial charge in [-0.05, 0) is 49.9 Å². The van der Waals surface area contributed by atoms with Crippen molar-refractivity contribution >= 4 is 35.2 Å². The Morgan fingerprint density at radius 1 is 0.857 bits per heavy atom. The fraction of sp³-hybridized carbons (Fsp3) is 0.448. The second kappa shape index (κ2) is 18.0. The summed E-state index contributed by atoms with van der Waals surface area (Å²) in [5.41, 5.74) is 6.51. The number of hydrogen-bond acceptors (Lipinski definition) is 8. The van der Waals surface area contributed by atoms with Crippen molar-refractivity contribution < 1.29 is 28.8 Å². The van der Waals surface area contributed by atoms with Crippen LogP contribution >= 0.6 is 0 Å². The Labute approximate surface area is 245 Å². The molecule has 13 nitrogen and oxygen atoms in total. The number of ether oxygens (including phenoxy) is 1. The number of nitro groups is 1. The van der Waals surface area contributed by atoms with Crippen LogP contribution in [0.1, 0.15) is 51.0 Å². The number of nitrogens with one attached hydrogen (secondary N) is 4. The molecule has 0 radical (unpaired) electrons. The molecule has 0 aliphatic rings. The zero-order valence-corrected chi connectivity index (χ0v) is 24.0. The van der Waals surface area contributed by atoms with Crippen molar-refractivity contribution in [1.29, 1.82) is 0 Å². The lowest BCUT2D eigenvalue weighted by molar-refractivity contribution is -0.384. The standard InChI is InChI=1S/C29H40N6O7/c1-3-4-12-23(26(36)32-24(28(38)42-2)13-8-9-18-30)33-29(39)34-25(19-20-10-6-5-7-11-20)27(37)31-21-14-16-22(17-15-21)35(40)41/h5-7,10-11,14-17,23-25H,3-4,8-9,12-13,18-19,30H2,1-2H3,(H,31,37)(H,32,36)(H2,33,34,39)/t23?,24-,25-/m0/s1. The van der Waals surface area contributed by atoms with Crippen molar-refractivity contribution in [2.45, 2.75) is 70.0 Å². The van der Waals surface area contributed by atoms with Crippen LogP contribution in [-0.2, 0) is 25.5 Å². The second-order valence-corrected chi connectivity index (χ2v) is 9.72. The first-order chi connectivity index (χ1) is 20.2. The highest BCUT2D eigenvalue weighted by molar-refractivity contribution is 5.98.